The third-order valence-corrected chi connectivity index (χ3v) is 4.73. The quantitative estimate of drug-likeness (QED) is 0.879. The van der Waals surface area contributed by atoms with Crippen LogP contribution >= 0.6 is 22.9 Å². The van der Waals surface area contributed by atoms with E-state index in [1.807, 2.05) is 6.07 Å². The number of thiophene rings is 1. The number of hydrogen-bond acceptors (Lipinski definition) is 4. The van der Waals surface area contributed by atoms with Crippen LogP contribution in [0.25, 0.3) is 10.2 Å². The first-order valence-electron chi connectivity index (χ1n) is 5.64. The Balaban J connectivity index is 1.91. The van der Waals surface area contributed by atoms with Crippen molar-refractivity contribution >= 4 is 39.1 Å². The van der Waals surface area contributed by atoms with Gasteiger partial charge in [0.05, 0.1) is 27.3 Å². The van der Waals surface area contributed by atoms with Crippen LogP contribution in [-0.4, -0.2) is 28.6 Å². The number of fused-ring (bicyclic) bond motifs is 1. The minimum atomic E-state index is -0.605. The highest BCUT2D eigenvalue weighted by atomic mass is 35.5. The molecule has 0 aliphatic carbocycles. The van der Waals surface area contributed by atoms with Gasteiger partial charge in [-0.1, -0.05) is 11.6 Å². The summed E-state index contributed by atoms with van der Waals surface area (Å²) in [5, 5.41) is 13.1. The molecule has 6 heteroatoms. The number of pyridine rings is 1. The molecular formula is C12H11ClN2O2S. The van der Waals surface area contributed by atoms with Crippen molar-refractivity contribution < 1.29 is 9.90 Å². The Kier molecular flexibility index (Phi) is 2.97. The zero-order chi connectivity index (χ0) is 12.7. The molecule has 1 aliphatic rings. The first-order chi connectivity index (χ1) is 8.65. The molecule has 2 aromatic heterocycles. The first kappa shape index (κ1) is 11.9. The average Bonchev–Trinajstić information content (AvgIpc) is 2.89. The molecule has 0 bridgehead atoms. The normalized spacial score (nSPS) is 23.6. The van der Waals surface area contributed by atoms with Crippen LogP contribution in [0.4, 0.5) is 0 Å². The first-order valence-corrected chi connectivity index (χ1v) is 6.83. The van der Waals surface area contributed by atoms with Crippen LogP contribution in [0.1, 0.15) is 4.88 Å². The Hall–Kier alpha value is -1.17. The number of rotatable bonds is 2. The van der Waals surface area contributed by atoms with Gasteiger partial charge in [0, 0.05) is 17.6 Å². The van der Waals surface area contributed by atoms with Crippen molar-refractivity contribution in [3.05, 3.63) is 28.2 Å². The van der Waals surface area contributed by atoms with Crippen LogP contribution in [0.2, 0.25) is 5.02 Å². The summed E-state index contributed by atoms with van der Waals surface area (Å²) in [5.41, 5.74) is 0.843. The number of aliphatic hydroxyl groups excluding tert-OH is 1. The fourth-order valence-electron chi connectivity index (χ4n) is 2.16. The molecule has 2 aromatic rings. The van der Waals surface area contributed by atoms with E-state index in [9.17, 15) is 9.90 Å². The lowest BCUT2D eigenvalue weighted by Crippen LogP contribution is -2.23. The molecule has 4 nitrogen and oxygen atoms in total. The second kappa shape index (κ2) is 4.50. The van der Waals surface area contributed by atoms with E-state index in [1.165, 1.54) is 11.3 Å². The number of halogens is 1. The number of carbonyl (C=O) groups is 1. The van der Waals surface area contributed by atoms with E-state index in [-0.39, 0.29) is 11.8 Å². The third kappa shape index (κ3) is 1.98. The van der Waals surface area contributed by atoms with Gasteiger partial charge < -0.3 is 10.4 Å². The maximum atomic E-state index is 11.6. The Labute approximate surface area is 113 Å². The van der Waals surface area contributed by atoms with Crippen LogP contribution in [0.5, 0.6) is 0 Å². The standard InChI is InChI=1S/C12H11ClN2O2S/c13-8-1-2-14-9-4-6(18-11(8)9)3-7-10(16)5-15-12(7)17/h1-2,4,7,10,16H,3,5H2,(H,15,17). The smallest absolute Gasteiger partial charge is 0.226 e. The molecule has 2 atom stereocenters. The summed E-state index contributed by atoms with van der Waals surface area (Å²) in [6.07, 6.45) is 1.59. The molecule has 18 heavy (non-hydrogen) atoms. The molecule has 1 fully saturated rings. The minimum absolute atomic E-state index is 0.0842. The molecule has 2 N–H and O–H groups in total. The molecule has 0 radical (unpaired) electrons. The number of amides is 1. The number of nitrogens with zero attached hydrogens (tertiary/aromatic N) is 1. The van der Waals surface area contributed by atoms with E-state index in [1.54, 1.807) is 12.3 Å². The summed E-state index contributed by atoms with van der Waals surface area (Å²) in [6, 6.07) is 3.69. The lowest BCUT2D eigenvalue weighted by molar-refractivity contribution is -0.123. The van der Waals surface area contributed by atoms with Crippen molar-refractivity contribution in [2.45, 2.75) is 12.5 Å². The summed E-state index contributed by atoms with van der Waals surface area (Å²) in [5.74, 6) is -0.448. The van der Waals surface area contributed by atoms with Crippen molar-refractivity contribution in [1.29, 1.82) is 0 Å². The molecule has 3 heterocycles. The Morgan fingerprint density at radius 2 is 2.44 bits per heavy atom. The molecule has 1 saturated heterocycles. The zero-order valence-corrected chi connectivity index (χ0v) is 11.0. The fourth-order valence-corrected chi connectivity index (χ4v) is 3.50. The van der Waals surface area contributed by atoms with Gasteiger partial charge >= 0.3 is 0 Å². The van der Waals surface area contributed by atoms with Crippen molar-refractivity contribution in [3.63, 3.8) is 0 Å². The van der Waals surface area contributed by atoms with Crippen LogP contribution in [0.15, 0.2) is 18.3 Å². The number of carbonyl (C=O) groups excluding carboxylic acids is 1. The van der Waals surface area contributed by atoms with E-state index in [2.05, 4.69) is 10.3 Å². The zero-order valence-electron chi connectivity index (χ0n) is 9.39. The molecule has 94 valence electrons. The van der Waals surface area contributed by atoms with Crippen molar-refractivity contribution in [1.82, 2.24) is 10.3 Å². The lowest BCUT2D eigenvalue weighted by Gasteiger charge is -2.08. The highest BCUT2D eigenvalue weighted by Crippen LogP contribution is 2.32. The van der Waals surface area contributed by atoms with Crippen LogP contribution in [0.3, 0.4) is 0 Å². The number of aliphatic hydroxyl groups is 1. The van der Waals surface area contributed by atoms with Gasteiger partial charge in [-0.2, -0.15) is 0 Å². The van der Waals surface area contributed by atoms with Gasteiger partial charge in [0.25, 0.3) is 0 Å². The number of nitrogens with one attached hydrogen (secondary N) is 1. The summed E-state index contributed by atoms with van der Waals surface area (Å²) in [6.45, 7) is 0.341. The van der Waals surface area contributed by atoms with E-state index in [0.29, 0.717) is 18.0 Å². The summed E-state index contributed by atoms with van der Waals surface area (Å²) >= 11 is 7.62. The fraction of sp³-hybridized carbons (Fsp3) is 0.333. The topological polar surface area (TPSA) is 62.2 Å². The minimum Gasteiger partial charge on any atom is -0.390 e. The molecule has 2 unspecified atom stereocenters. The second-order valence-corrected chi connectivity index (χ2v) is 5.89. The number of hydrogen-bond donors (Lipinski definition) is 2. The largest absolute Gasteiger partial charge is 0.390 e. The van der Waals surface area contributed by atoms with Gasteiger partial charge in [-0.05, 0) is 18.6 Å². The van der Waals surface area contributed by atoms with Crippen molar-refractivity contribution in [2.75, 3.05) is 6.54 Å². The Morgan fingerprint density at radius 1 is 1.61 bits per heavy atom. The van der Waals surface area contributed by atoms with Crippen LogP contribution < -0.4 is 5.32 Å². The monoisotopic (exact) mass is 282 g/mol. The summed E-state index contributed by atoms with van der Waals surface area (Å²) in [4.78, 5) is 16.8. The molecule has 1 aliphatic heterocycles. The van der Waals surface area contributed by atoms with Gasteiger partial charge in [0.2, 0.25) is 5.91 Å². The SMILES string of the molecule is O=C1NCC(O)C1Cc1cc2nccc(Cl)c2s1. The Morgan fingerprint density at radius 3 is 3.11 bits per heavy atom. The van der Waals surface area contributed by atoms with Crippen LogP contribution in [-0.2, 0) is 11.2 Å². The van der Waals surface area contributed by atoms with Gasteiger partial charge in [-0.15, -0.1) is 11.3 Å². The van der Waals surface area contributed by atoms with Gasteiger partial charge in [0.1, 0.15) is 0 Å². The summed E-state index contributed by atoms with van der Waals surface area (Å²) < 4.78 is 0.932. The predicted octanol–water partition coefficient (Wildman–Crippen LogP) is 1.60. The molecular weight excluding hydrogens is 272 g/mol. The lowest BCUT2D eigenvalue weighted by atomic mass is 10.0. The number of aromatic nitrogens is 1. The number of β-amino-alcohol motifs (C(OH)–C–C–N with tert-alkyl or cyclic N) is 1. The highest BCUT2D eigenvalue weighted by molar-refractivity contribution is 7.19. The van der Waals surface area contributed by atoms with E-state index in [0.717, 1.165) is 15.1 Å². The Bertz CT molecular complexity index is 613. The van der Waals surface area contributed by atoms with E-state index in [4.69, 9.17) is 11.6 Å². The maximum absolute atomic E-state index is 11.6. The van der Waals surface area contributed by atoms with Gasteiger partial charge in [0.15, 0.2) is 0 Å². The third-order valence-electron chi connectivity index (χ3n) is 3.12. The highest BCUT2D eigenvalue weighted by Gasteiger charge is 2.33. The summed E-state index contributed by atoms with van der Waals surface area (Å²) in [7, 11) is 0. The van der Waals surface area contributed by atoms with E-state index < -0.39 is 6.10 Å². The van der Waals surface area contributed by atoms with Crippen molar-refractivity contribution in [2.24, 2.45) is 5.92 Å². The van der Waals surface area contributed by atoms with E-state index >= 15 is 0 Å². The molecule has 0 saturated carbocycles. The predicted molar refractivity (Wildman–Crippen MR) is 70.8 cm³/mol. The van der Waals surface area contributed by atoms with Crippen LogP contribution in [0, 0.1) is 5.92 Å². The molecule has 0 aromatic carbocycles. The molecule has 1 amide bonds. The van der Waals surface area contributed by atoms with Gasteiger partial charge in [-0.3, -0.25) is 9.78 Å². The average molecular weight is 283 g/mol. The molecule has 3 rings (SSSR count). The second-order valence-electron chi connectivity index (χ2n) is 4.34. The van der Waals surface area contributed by atoms with Gasteiger partial charge in [-0.25, -0.2) is 0 Å². The maximum Gasteiger partial charge on any atom is 0.226 e. The van der Waals surface area contributed by atoms with Crippen molar-refractivity contribution in [3.8, 4) is 0 Å². The molecule has 0 spiro atoms.